The van der Waals surface area contributed by atoms with E-state index in [0.717, 1.165) is 19.3 Å². The van der Waals surface area contributed by atoms with Crippen LogP contribution in [0.15, 0.2) is 0 Å². The Morgan fingerprint density at radius 1 is 1.38 bits per heavy atom. The predicted molar refractivity (Wildman–Crippen MR) is 84.9 cm³/mol. The molecule has 120 valence electrons. The largest absolute Gasteiger partial charge is 0.450 e. The first kappa shape index (κ1) is 17.7. The van der Waals surface area contributed by atoms with Crippen molar-refractivity contribution in [3.63, 3.8) is 0 Å². The van der Waals surface area contributed by atoms with Gasteiger partial charge in [0.2, 0.25) is 5.91 Å². The third kappa shape index (κ3) is 5.49. The maximum absolute atomic E-state index is 12.2. The summed E-state index contributed by atoms with van der Waals surface area (Å²) >= 11 is 4.96. The maximum Gasteiger partial charge on any atom is 0.409 e. The Hall–Kier alpha value is -1.37. The highest BCUT2D eigenvalue weighted by molar-refractivity contribution is 7.80. The fraction of sp³-hybridized carbons (Fsp3) is 0.786. The van der Waals surface area contributed by atoms with Crippen LogP contribution >= 0.6 is 12.2 Å². The second-order valence-electron chi connectivity index (χ2n) is 5.21. The van der Waals surface area contributed by atoms with Crippen LogP contribution in [-0.2, 0) is 9.53 Å². The number of ether oxygens (including phenoxy) is 1. The molecule has 1 fully saturated rings. The Morgan fingerprint density at radius 3 is 2.48 bits per heavy atom. The molecular weight excluding hydrogens is 290 g/mol. The minimum atomic E-state index is -0.395. The molecule has 7 heteroatoms. The van der Waals surface area contributed by atoms with Crippen molar-refractivity contribution >= 4 is 29.2 Å². The van der Waals surface area contributed by atoms with Crippen LogP contribution in [0.2, 0.25) is 0 Å². The number of hydrogen-bond donors (Lipinski definition) is 2. The minimum absolute atomic E-state index is 0.0666. The maximum atomic E-state index is 12.2. The van der Waals surface area contributed by atoms with E-state index < -0.39 is 5.92 Å². The quantitative estimate of drug-likeness (QED) is 0.724. The van der Waals surface area contributed by atoms with Crippen molar-refractivity contribution in [3.05, 3.63) is 0 Å². The van der Waals surface area contributed by atoms with Gasteiger partial charge in [0, 0.05) is 19.1 Å². The van der Waals surface area contributed by atoms with E-state index in [1.54, 1.807) is 11.8 Å². The molecule has 2 amide bonds. The molecule has 1 aliphatic rings. The van der Waals surface area contributed by atoms with Crippen LogP contribution in [0.5, 0.6) is 0 Å². The van der Waals surface area contributed by atoms with Crippen LogP contribution in [0.3, 0.4) is 0 Å². The van der Waals surface area contributed by atoms with Gasteiger partial charge in [0.15, 0.2) is 0 Å². The number of thiocarbonyl (C=S) groups is 1. The van der Waals surface area contributed by atoms with E-state index in [-0.39, 0.29) is 23.0 Å². The number of carbonyl (C=O) groups is 2. The normalized spacial score (nSPS) is 17.1. The molecule has 1 heterocycles. The zero-order valence-electron chi connectivity index (χ0n) is 12.8. The molecular formula is C14H25N3O3S. The lowest BCUT2D eigenvalue weighted by Gasteiger charge is -2.32. The van der Waals surface area contributed by atoms with Crippen molar-refractivity contribution < 1.29 is 14.3 Å². The molecule has 0 radical (unpaired) electrons. The molecule has 0 aromatic carbocycles. The number of nitrogens with one attached hydrogen (secondary N) is 1. The van der Waals surface area contributed by atoms with Crippen molar-refractivity contribution in [2.24, 2.45) is 11.7 Å². The molecule has 0 aromatic heterocycles. The summed E-state index contributed by atoms with van der Waals surface area (Å²) in [4.78, 5) is 25.7. The van der Waals surface area contributed by atoms with Gasteiger partial charge in [-0.05, 0) is 26.2 Å². The van der Waals surface area contributed by atoms with Crippen LogP contribution in [-0.4, -0.2) is 47.6 Å². The number of hydrogen-bond acceptors (Lipinski definition) is 4. The van der Waals surface area contributed by atoms with E-state index in [1.165, 1.54) is 0 Å². The predicted octanol–water partition coefficient (Wildman–Crippen LogP) is 1.43. The Balaban J connectivity index is 2.42. The van der Waals surface area contributed by atoms with Crippen molar-refractivity contribution in [1.82, 2.24) is 10.2 Å². The van der Waals surface area contributed by atoms with Gasteiger partial charge in [-0.2, -0.15) is 0 Å². The van der Waals surface area contributed by atoms with Gasteiger partial charge in [-0.1, -0.05) is 25.6 Å². The molecule has 1 aliphatic heterocycles. The highest BCUT2D eigenvalue weighted by atomic mass is 32.1. The van der Waals surface area contributed by atoms with E-state index in [0.29, 0.717) is 26.1 Å². The number of rotatable bonds is 6. The number of carbonyl (C=O) groups excluding carboxylic acids is 2. The van der Waals surface area contributed by atoms with Gasteiger partial charge in [0.1, 0.15) is 0 Å². The molecule has 1 atom stereocenters. The summed E-state index contributed by atoms with van der Waals surface area (Å²) in [6.07, 6.45) is 2.69. The second-order valence-corrected chi connectivity index (χ2v) is 5.68. The third-order valence-electron chi connectivity index (χ3n) is 3.60. The van der Waals surface area contributed by atoms with Gasteiger partial charge >= 0.3 is 6.09 Å². The van der Waals surface area contributed by atoms with Gasteiger partial charge in [0.05, 0.1) is 17.5 Å². The topological polar surface area (TPSA) is 84.7 Å². The van der Waals surface area contributed by atoms with Crippen LogP contribution in [0, 0.1) is 5.92 Å². The van der Waals surface area contributed by atoms with Crippen molar-refractivity contribution in [1.29, 1.82) is 0 Å². The van der Waals surface area contributed by atoms with E-state index in [1.807, 2.05) is 6.92 Å². The van der Waals surface area contributed by atoms with Gasteiger partial charge in [0.25, 0.3) is 0 Å². The summed E-state index contributed by atoms with van der Waals surface area (Å²) in [6.45, 7) is 5.34. The Bertz CT molecular complexity index is 382. The van der Waals surface area contributed by atoms with Gasteiger partial charge in [-0.15, -0.1) is 0 Å². The molecule has 0 spiro atoms. The van der Waals surface area contributed by atoms with Crippen molar-refractivity contribution in [2.45, 2.75) is 45.6 Å². The van der Waals surface area contributed by atoms with Gasteiger partial charge in [-0.3, -0.25) is 4.79 Å². The van der Waals surface area contributed by atoms with Crippen molar-refractivity contribution in [3.8, 4) is 0 Å². The first-order chi connectivity index (χ1) is 9.99. The number of nitrogens with zero attached hydrogens (tertiary/aromatic N) is 1. The standard InChI is InChI=1S/C14H25N3O3S/c1-3-5-11(12(15)21)13(18)16-10-6-8-17(9-7-10)14(19)20-4-2/h10-11H,3-9H2,1-2H3,(H2,15,21)(H,16,18). The van der Waals surface area contributed by atoms with E-state index >= 15 is 0 Å². The second kappa shape index (κ2) is 8.81. The Kier molecular flexibility index (Phi) is 7.42. The molecule has 0 aromatic rings. The zero-order valence-corrected chi connectivity index (χ0v) is 13.6. The molecule has 3 N–H and O–H groups in total. The van der Waals surface area contributed by atoms with Gasteiger partial charge in [-0.25, -0.2) is 4.79 Å². The zero-order chi connectivity index (χ0) is 15.8. The summed E-state index contributed by atoms with van der Waals surface area (Å²) < 4.78 is 4.97. The average molecular weight is 315 g/mol. The number of nitrogens with two attached hydrogens (primary N) is 1. The lowest BCUT2D eigenvalue weighted by atomic mass is 10.00. The number of amides is 2. The molecule has 0 saturated carbocycles. The molecule has 1 rings (SSSR count). The van der Waals surface area contributed by atoms with Crippen LogP contribution in [0.25, 0.3) is 0 Å². The summed E-state index contributed by atoms with van der Waals surface area (Å²) in [7, 11) is 0. The molecule has 21 heavy (non-hydrogen) atoms. The van der Waals surface area contributed by atoms with E-state index in [4.69, 9.17) is 22.7 Å². The molecule has 1 saturated heterocycles. The summed E-state index contributed by atoms with van der Waals surface area (Å²) in [6, 6.07) is 0.0666. The Morgan fingerprint density at radius 2 is 2.00 bits per heavy atom. The SMILES string of the molecule is CCCC(C(=O)NC1CCN(C(=O)OCC)CC1)C(N)=S. The fourth-order valence-electron chi connectivity index (χ4n) is 2.41. The molecule has 0 bridgehead atoms. The number of likely N-dealkylation sites (tertiary alicyclic amines) is 1. The summed E-state index contributed by atoms with van der Waals surface area (Å²) in [5.74, 6) is -0.493. The molecule has 6 nitrogen and oxygen atoms in total. The van der Waals surface area contributed by atoms with E-state index in [2.05, 4.69) is 5.32 Å². The van der Waals surface area contributed by atoms with Crippen LogP contribution in [0.4, 0.5) is 4.79 Å². The lowest BCUT2D eigenvalue weighted by Crippen LogP contribution is -2.49. The minimum Gasteiger partial charge on any atom is -0.450 e. The van der Waals surface area contributed by atoms with Crippen LogP contribution < -0.4 is 11.1 Å². The molecule has 0 aliphatic carbocycles. The summed E-state index contributed by atoms with van der Waals surface area (Å²) in [5, 5.41) is 2.99. The summed E-state index contributed by atoms with van der Waals surface area (Å²) in [5.41, 5.74) is 5.63. The first-order valence-electron chi connectivity index (χ1n) is 7.50. The monoisotopic (exact) mass is 315 g/mol. The lowest BCUT2D eigenvalue weighted by molar-refractivity contribution is -0.124. The van der Waals surface area contributed by atoms with E-state index in [9.17, 15) is 9.59 Å². The number of piperidine rings is 1. The fourth-order valence-corrected chi connectivity index (χ4v) is 2.64. The molecule has 1 unspecified atom stereocenters. The third-order valence-corrected chi connectivity index (χ3v) is 3.89. The smallest absolute Gasteiger partial charge is 0.409 e. The average Bonchev–Trinajstić information content (AvgIpc) is 2.45. The highest BCUT2D eigenvalue weighted by Gasteiger charge is 2.27. The highest BCUT2D eigenvalue weighted by Crippen LogP contribution is 2.14. The van der Waals surface area contributed by atoms with Crippen molar-refractivity contribution in [2.75, 3.05) is 19.7 Å². The van der Waals surface area contributed by atoms with Crippen LogP contribution in [0.1, 0.15) is 39.5 Å². The first-order valence-corrected chi connectivity index (χ1v) is 7.91. The Labute approximate surface area is 131 Å². The van der Waals surface area contributed by atoms with Gasteiger partial charge < -0.3 is 20.7 Å².